The lowest BCUT2D eigenvalue weighted by Gasteiger charge is -2.25. The van der Waals surface area contributed by atoms with Crippen LogP contribution in [-0.4, -0.2) is 5.66 Å². The Balaban J connectivity index is 2.04. The molecule has 1 heterocycles. The maximum Gasteiger partial charge on any atom is 0.196 e. The molecule has 0 saturated heterocycles. The Morgan fingerprint density at radius 3 is 2.41 bits per heavy atom. The summed E-state index contributed by atoms with van der Waals surface area (Å²) in [5, 5.41) is 8.32. The highest BCUT2D eigenvalue weighted by atomic mass is 79.9. The molecule has 1 aromatic carbocycles. The molecule has 2 rings (SSSR count). The molecule has 0 unspecified atom stereocenters. The number of aryl methyl sites for hydroxylation is 1. The summed E-state index contributed by atoms with van der Waals surface area (Å²) >= 11 is 3.25. The van der Waals surface area contributed by atoms with Crippen LogP contribution in [0.1, 0.15) is 32.8 Å². The number of rotatable bonds is 3. The van der Waals surface area contributed by atoms with E-state index in [4.69, 9.17) is 0 Å². The maximum absolute atomic E-state index is 13.7. The van der Waals surface area contributed by atoms with Crippen LogP contribution < -0.4 is 0 Å². The van der Waals surface area contributed by atoms with Gasteiger partial charge in [0.1, 0.15) is 5.82 Å². The molecule has 0 bridgehead atoms. The lowest BCUT2D eigenvalue weighted by molar-refractivity contribution is 0.259. The maximum atomic E-state index is 13.7. The van der Waals surface area contributed by atoms with Gasteiger partial charge in [0.05, 0.1) is 0 Å². The van der Waals surface area contributed by atoms with Crippen molar-refractivity contribution in [3.05, 3.63) is 34.1 Å². The van der Waals surface area contributed by atoms with E-state index in [2.05, 4.69) is 46.9 Å². The minimum atomic E-state index is -0.299. The fraction of sp³-hybridized carbons (Fsp3) is 0.538. The zero-order valence-corrected chi connectivity index (χ0v) is 11.9. The van der Waals surface area contributed by atoms with Gasteiger partial charge in [0, 0.05) is 16.3 Å². The van der Waals surface area contributed by atoms with Gasteiger partial charge < -0.3 is 0 Å². The molecule has 0 N–H and O–H groups in total. The van der Waals surface area contributed by atoms with E-state index >= 15 is 0 Å². The number of hydrogen-bond acceptors (Lipinski definition) is 2. The second-order valence-electron chi connectivity index (χ2n) is 5.50. The average Bonchev–Trinajstić information content (AvgIpc) is 2.96. The van der Waals surface area contributed by atoms with Crippen molar-refractivity contribution in [2.45, 2.75) is 39.3 Å². The predicted molar refractivity (Wildman–Crippen MR) is 69.5 cm³/mol. The molecule has 1 aliphatic rings. The highest BCUT2D eigenvalue weighted by molar-refractivity contribution is 9.10. The molecular formula is C13H16BrFN2. The Labute approximate surface area is 109 Å². The summed E-state index contributed by atoms with van der Waals surface area (Å²) in [6.45, 7) is 6.35. The molecule has 0 spiro atoms. The highest BCUT2D eigenvalue weighted by Gasteiger charge is 2.50. The molecule has 0 amide bonds. The van der Waals surface area contributed by atoms with Crippen LogP contribution in [0, 0.1) is 11.2 Å². The molecule has 1 aliphatic heterocycles. The largest absolute Gasteiger partial charge is 0.207 e. The number of halogens is 2. The molecule has 92 valence electrons. The van der Waals surface area contributed by atoms with Crippen LogP contribution in [0.25, 0.3) is 0 Å². The second kappa shape index (κ2) is 4.16. The van der Waals surface area contributed by atoms with E-state index in [0.29, 0.717) is 6.42 Å². The van der Waals surface area contributed by atoms with Gasteiger partial charge in [-0.1, -0.05) is 42.8 Å². The van der Waals surface area contributed by atoms with Gasteiger partial charge in [-0.15, -0.1) is 0 Å². The first-order chi connectivity index (χ1) is 7.84. The normalized spacial score (nSPS) is 17.2. The predicted octanol–water partition coefficient (Wildman–Crippen LogP) is 4.73. The first-order valence-corrected chi connectivity index (χ1v) is 6.51. The Hall–Kier alpha value is -0.770. The molecule has 0 atom stereocenters. The second-order valence-corrected chi connectivity index (χ2v) is 6.42. The molecular weight excluding hydrogens is 283 g/mol. The van der Waals surface area contributed by atoms with Crippen molar-refractivity contribution in [2.75, 3.05) is 0 Å². The van der Waals surface area contributed by atoms with Gasteiger partial charge in [-0.3, -0.25) is 0 Å². The van der Waals surface area contributed by atoms with E-state index < -0.39 is 0 Å². The van der Waals surface area contributed by atoms with Gasteiger partial charge in [-0.2, -0.15) is 10.2 Å². The Morgan fingerprint density at radius 2 is 1.94 bits per heavy atom. The van der Waals surface area contributed by atoms with Crippen LogP contribution in [0.2, 0.25) is 0 Å². The van der Waals surface area contributed by atoms with E-state index in [-0.39, 0.29) is 16.9 Å². The van der Waals surface area contributed by atoms with Gasteiger partial charge in [-0.25, -0.2) is 4.39 Å². The van der Waals surface area contributed by atoms with Gasteiger partial charge >= 0.3 is 0 Å². The zero-order valence-electron chi connectivity index (χ0n) is 10.3. The van der Waals surface area contributed by atoms with Crippen LogP contribution >= 0.6 is 15.9 Å². The fourth-order valence-corrected chi connectivity index (χ4v) is 2.20. The topological polar surface area (TPSA) is 24.7 Å². The average molecular weight is 299 g/mol. The monoisotopic (exact) mass is 298 g/mol. The smallest absolute Gasteiger partial charge is 0.196 e. The summed E-state index contributed by atoms with van der Waals surface area (Å²) < 4.78 is 14.4. The molecule has 0 fully saturated rings. The summed E-state index contributed by atoms with van der Waals surface area (Å²) in [5.74, 6) is -0.163. The van der Waals surface area contributed by atoms with Gasteiger partial charge in [0.2, 0.25) is 0 Å². The molecule has 1 aromatic rings. The Morgan fingerprint density at radius 1 is 1.29 bits per heavy atom. The van der Waals surface area contributed by atoms with E-state index in [9.17, 15) is 4.39 Å². The Kier molecular flexibility index (Phi) is 3.10. The number of hydrogen-bond donors (Lipinski definition) is 0. The van der Waals surface area contributed by atoms with Gasteiger partial charge in [0.15, 0.2) is 5.66 Å². The van der Waals surface area contributed by atoms with Crippen molar-refractivity contribution < 1.29 is 4.39 Å². The molecule has 0 aromatic heterocycles. The highest BCUT2D eigenvalue weighted by Crippen LogP contribution is 2.48. The van der Waals surface area contributed by atoms with E-state index in [1.165, 1.54) is 6.07 Å². The number of nitrogens with zero attached hydrogens (tertiary/aromatic N) is 2. The third-order valence-electron chi connectivity index (χ3n) is 3.30. The van der Waals surface area contributed by atoms with Crippen LogP contribution in [0.4, 0.5) is 4.39 Å². The molecule has 0 radical (unpaired) electrons. The van der Waals surface area contributed by atoms with Crippen molar-refractivity contribution in [3.63, 3.8) is 0 Å². The van der Waals surface area contributed by atoms with E-state index in [0.717, 1.165) is 16.5 Å². The summed E-state index contributed by atoms with van der Waals surface area (Å²) in [6, 6.07) is 5.18. The SMILES string of the molecule is CC(C)(C)C1(CCc2ccc(Br)cc2F)N=N1. The van der Waals surface area contributed by atoms with Crippen molar-refractivity contribution in [1.82, 2.24) is 0 Å². The molecule has 17 heavy (non-hydrogen) atoms. The standard InChI is InChI=1S/C13H16BrFN2/c1-12(2,3)13(16-17-13)7-6-9-4-5-10(14)8-11(9)15/h4-5,8H,6-7H2,1-3H3. The Bertz CT molecular complexity index is 457. The summed E-state index contributed by atoms with van der Waals surface area (Å²) in [5.41, 5.74) is 0.444. The quantitative estimate of drug-likeness (QED) is 0.771. The van der Waals surface area contributed by atoms with Crippen LogP contribution in [0.5, 0.6) is 0 Å². The summed E-state index contributed by atoms with van der Waals surface area (Å²) in [6.07, 6.45) is 1.44. The van der Waals surface area contributed by atoms with Crippen LogP contribution in [-0.2, 0) is 6.42 Å². The van der Waals surface area contributed by atoms with Crippen molar-refractivity contribution in [3.8, 4) is 0 Å². The summed E-state index contributed by atoms with van der Waals surface area (Å²) in [4.78, 5) is 0. The van der Waals surface area contributed by atoms with Crippen molar-refractivity contribution in [1.29, 1.82) is 0 Å². The molecule has 0 aliphatic carbocycles. The summed E-state index contributed by atoms with van der Waals surface area (Å²) in [7, 11) is 0. The van der Waals surface area contributed by atoms with Gasteiger partial charge in [0.25, 0.3) is 0 Å². The van der Waals surface area contributed by atoms with Crippen LogP contribution in [0.3, 0.4) is 0 Å². The third kappa shape index (κ3) is 2.57. The first kappa shape index (κ1) is 12.7. The van der Waals surface area contributed by atoms with Crippen LogP contribution in [0.15, 0.2) is 32.9 Å². The zero-order chi connectivity index (χ0) is 12.7. The van der Waals surface area contributed by atoms with Crippen molar-refractivity contribution in [2.24, 2.45) is 15.6 Å². The molecule has 0 saturated carbocycles. The molecule has 4 heteroatoms. The molecule has 2 nitrogen and oxygen atoms in total. The minimum Gasteiger partial charge on any atom is -0.207 e. The van der Waals surface area contributed by atoms with E-state index in [1.54, 1.807) is 0 Å². The van der Waals surface area contributed by atoms with Crippen molar-refractivity contribution >= 4 is 15.9 Å². The fourth-order valence-electron chi connectivity index (χ4n) is 1.87. The first-order valence-electron chi connectivity index (χ1n) is 5.72. The number of benzene rings is 1. The third-order valence-corrected chi connectivity index (χ3v) is 3.79. The lowest BCUT2D eigenvalue weighted by Crippen LogP contribution is -2.30. The minimum absolute atomic E-state index is 0.0127. The lowest BCUT2D eigenvalue weighted by atomic mass is 9.80. The van der Waals surface area contributed by atoms with Gasteiger partial charge in [-0.05, 0) is 24.1 Å². The van der Waals surface area contributed by atoms with E-state index in [1.807, 2.05) is 12.1 Å².